The molecule has 0 heterocycles. The fourth-order valence-corrected chi connectivity index (χ4v) is 1.88. The van der Waals surface area contributed by atoms with E-state index < -0.39 is 0 Å². The van der Waals surface area contributed by atoms with E-state index in [4.69, 9.17) is 4.74 Å². The molecule has 4 heteroatoms. The first kappa shape index (κ1) is 16.7. The Balaban J connectivity index is 2.23. The Bertz CT molecular complexity index is 405. The second kappa shape index (κ2) is 9.50. The molecule has 1 rings (SSSR count). The van der Waals surface area contributed by atoms with Gasteiger partial charge in [0.25, 0.3) is 0 Å². The van der Waals surface area contributed by atoms with E-state index in [1.165, 1.54) is 6.92 Å². The number of carbonyl (C=O) groups excluding carboxylic acids is 1. The van der Waals surface area contributed by atoms with Gasteiger partial charge in [-0.2, -0.15) is 0 Å². The van der Waals surface area contributed by atoms with Crippen LogP contribution in [0.4, 0.5) is 5.69 Å². The van der Waals surface area contributed by atoms with Gasteiger partial charge in [0, 0.05) is 25.8 Å². The predicted molar refractivity (Wildman–Crippen MR) is 82.8 cm³/mol. The van der Waals surface area contributed by atoms with Crippen molar-refractivity contribution in [1.29, 1.82) is 0 Å². The maximum atomic E-state index is 11.1. The van der Waals surface area contributed by atoms with Crippen LogP contribution in [0.25, 0.3) is 0 Å². The van der Waals surface area contributed by atoms with Crippen LogP contribution in [0, 0.1) is 0 Å². The lowest BCUT2D eigenvalue weighted by Gasteiger charge is -2.11. The average molecular weight is 278 g/mol. The van der Waals surface area contributed by atoms with Crippen molar-refractivity contribution in [1.82, 2.24) is 5.32 Å². The number of ether oxygens (including phenoxy) is 1. The molecule has 0 aliphatic carbocycles. The summed E-state index contributed by atoms with van der Waals surface area (Å²) in [6.07, 6.45) is 2.47. The van der Waals surface area contributed by atoms with E-state index >= 15 is 0 Å². The first-order valence-electron chi connectivity index (χ1n) is 7.27. The fourth-order valence-electron chi connectivity index (χ4n) is 1.88. The summed E-state index contributed by atoms with van der Waals surface area (Å²) in [5, 5.41) is 6.24. The summed E-state index contributed by atoms with van der Waals surface area (Å²) < 4.78 is 5.49. The van der Waals surface area contributed by atoms with Crippen LogP contribution >= 0.6 is 0 Å². The Labute approximate surface area is 121 Å². The summed E-state index contributed by atoms with van der Waals surface area (Å²) in [7, 11) is 0. The largest absolute Gasteiger partial charge is 0.379 e. The van der Waals surface area contributed by atoms with Crippen LogP contribution in [0.2, 0.25) is 0 Å². The molecule has 1 amide bonds. The molecule has 1 aromatic carbocycles. The lowest BCUT2D eigenvalue weighted by atomic mass is 10.1. The normalized spacial score (nSPS) is 10.8. The number of hydrogen-bond acceptors (Lipinski definition) is 3. The Morgan fingerprint density at radius 2 is 2.00 bits per heavy atom. The number of hydrogen-bond donors (Lipinski definition) is 2. The zero-order valence-corrected chi connectivity index (χ0v) is 12.7. The summed E-state index contributed by atoms with van der Waals surface area (Å²) in [5.74, 6) is -0.0386. The Morgan fingerprint density at radius 1 is 1.25 bits per heavy atom. The molecule has 0 unspecified atom stereocenters. The minimum absolute atomic E-state index is 0.0386. The molecule has 0 spiro atoms. The van der Waals surface area contributed by atoms with Gasteiger partial charge in [-0.15, -0.1) is 0 Å². The fraction of sp³-hybridized carbons (Fsp3) is 0.562. The monoisotopic (exact) mass is 278 g/mol. The number of rotatable bonds is 9. The highest BCUT2D eigenvalue weighted by Gasteiger charge is 2.02. The van der Waals surface area contributed by atoms with Crippen LogP contribution < -0.4 is 10.6 Å². The average Bonchev–Trinajstić information content (AvgIpc) is 2.38. The summed E-state index contributed by atoms with van der Waals surface area (Å²) in [6.45, 7) is 8.17. The third-order valence-corrected chi connectivity index (χ3v) is 2.84. The van der Waals surface area contributed by atoms with E-state index in [1.54, 1.807) is 0 Å². The van der Waals surface area contributed by atoms with Gasteiger partial charge in [0.05, 0.1) is 6.10 Å². The Morgan fingerprint density at radius 3 is 2.70 bits per heavy atom. The maximum Gasteiger partial charge on any atom is 0.221 e. The smallest absolute Gasteiger partial charge is 0.221 e. The molecule has 0 saturated heterocycles. The van der Waals surface area contributed by atoms with Gasteiger partial charge in [-0.05, 0) is 44.9 Å². The molecular weight excluding hydrogens is 252 g/mol. The van der Waals surface area contributed by atoms with Crippen LogP contribution in [-0.4, -0.2) is 25.2 Å². The number of benzene rings is 1. The van der Waals surface area contributed by atoms with Crippen molar-refractivity contribution in [3.05, 3.63) is 29.8 Å². The van der Waals surface area contributed by atoms with E-state index in [9.17, 15) is 4.79 Å². The van der Waals surface area contributed by atoms with Crippen molar-refractivity contribution in [3.63, 3.8) is 0 Å². The van der Waals surface area contributed by atoms with Crippen molar-refractivity contribution in [3.8, 4) is 0 Å². The molecule has 20 heavy (non-hydrogen) atoms. The molecule has 0 saturated carbocycles. The summed E-state index contributed by atoms with van der Waals surface area (Å²) in [4.78, 5) is 11.1. The van der Waals surface area contributed by atoms with Gasteiger partial charge in [0.15, 0.2) is 0 Å². The molecule has 0 aliphatic rings. The SMILES string of the molecule is CC(=O)Nc1ccccc1CNCCCCOC(C)C. The van der Waals surface area contributed by atoms with Crippen molar-refractivity contribution in [2.45, 2.75) is 46.3 Å². The minimum atomic E-state index is -0.0386. The lowest BCUT2D eigenvalue weighted by Crippen LogP contribution is -2.17. The molecule has 112 valence electrons. The van der Waals surface area contributed by atoms with E-state index in [0.717, 1.165) is 43.8 Å². The van der Waals surface area contributed by atoms with Gasteiger partial charge in [0.2, 0.25) is 5.91 Å². The molecule has 0 radical (unpaired) electrons. The zero-order valence-electron chi connectivity index (χ0n) is 12.7. The van der Waals surface area contributed by atoms with Crippen molar-refractivity contribution in [2.75, 3.05) is 18.5 Å². The Hall–Kier alpha value is -1.39. The molecule has 0 bridgehead atoms. The van der Waals surface area contributed by atoms with Gasteiger partial charge in [-0.1, -0.05) is 18.2 Å². The molecular formula is C16H26N2O2. The van der Waals surface area contributed by atoms with Crippen molar-refractivity contribution in [2.24, 2.45) is 0 Å². The van der Waals surface area contributed by atoms with Crippen LogP contribution in [0.15, 0.2) is 24.3 Å². The molecule has 1 aromatic rings. The summed E-state index contributed by atoms with van der Waals surface area (Å²) in [5.41, 5.74) is 2.00. The number of amides is 1. The van der Waals surface area contributed by atoms with Gasteiger partial charge in [-0.3, -0.25) is 4.79 Å². The first-order valence-corrected chi connectivity index (χ1v) is 7.27. The van der Waals surface area contributed by atoms with E-state index in [0.29, 0.717) is 6.10 Å². The van der Waals surface area contributed by atoms with Crippen molar-refractivity contribution < 1.29 is 9.53 Å². The second-order valence-electron chi connectivity index (χ2n) is 5.14. The zero-order chi connectivity index (χ0) is 14.8. The number of nitrogens with one attached hydrogen (secondary N) is 2. The van der Waals surface area contributed by atoms with E-state index in [1.807, 2.05) is 24.3 Å². The highest BCUT2D eigenvalue weighted by atomic mass is 16.5. The number of unbranched alkanes of at least 4 members (excludes halogenated alkanes) is 1. The number of para-hydroxylation sites is 1. The predicted octanol–water partition coefficient (Wildman–Crippen LogP) is 2.94. The molecule has 0 atom stereocenters. The third-order valence-electron chi connectivity index (χ3n) is 2.84. The highest BCUT2D eigenvalue weighted by Crippen LogP contribution is 2.14. The van der Waals surface area contributed by atoms with Gasteiger partial charge < -0.3 is 15.4 Å². The number of anilines is 1. The molecule has 0 aromatic heterocycles. The topological polar surface area (TPSA) is 50.4 Å². The standard InChI is InChI=1S/C16H26N2O2/c1-13(2)20-11-7-6-10-17-12-15-8-4-5-9-16(15)18-14(3)19/h4-5,8-9,13,17H,6-7,10-12H2,1-3H3,(H,18,19). The van der Waals surface area contributed by atoms with Gasteiger partial charge in [-0.25, -0.2) is 0 Å². The second-order valence-corrected chi connectivity index (χ2v) is 5.14. The van der Waals surface area contributed by atoms with Crippen LogP contribution in [0.1, 0.15) is 39.2 Å². The van der Waals surface area contributed by atoms with Gasteiger partial charge >= 0.3 is 0 Å². The minimum Gasteiger partial charge on any atom is -0.379 e. The lowest BCUT2D eigenvalue weighted by molar-refractivity contribution is -0.114. The quantitative estimate of drug-likeness (QED) is 0.683. The molecule has 4 nitrogen and oxygen atoms in total. The van der Waals surface area contributed by atoms with E-state index in [-0.39, 0.29) is 5.91 Å². The van der Waals surface area contributed by atoms with Crippen LogP contribution in [0.3, 0.4) is 0 Å². The van der Waals surface area contributed by atoms with Crippen LogP contribution in [-0.2, 0) is 16.1 Å². The molecule has 0 aliphatic heterocycles. The highest BCUT2D eigenvalue weighted by molar-refractivity contribution is 5.89. The van der Waals surface area contributed by atoms with Crippen LogP contribution in [0.5, 0.6) is 0 Å². The third kappa shape index (κ3) is 7.26. The summed E-state index contributed by atoms with van der Waals surface area (Å²) >= 11 is 0. The summed E-state index contributed by atoms with van der Waals surface area (Å²) in [6, 6.07) is 7.87. The van der Waals surface area contributed by atoms with Crippen molar-refractivity contribution >= 4 is 11.6 Å². The van der Waals surface area contributed by atoms with Gasteiger partial charge in [0.1, 0.15) is 0 Å². The molecule has 2 N–H and O–H groups in total. The number of carbonyl (C=O) groups is 1. The molecule has 0 fully saturated rings. The maximum absolute atomic E-state index is 11.1. The Kier molecular flexibility index (Phi) is 7.92. The first-order chi connectivity index (χ1) is 9.59. The van der Waals surface area contributed by atoms with E-state index in [2.05, 4.69) is 24.5 Å².